The Hall–Kier alpha value is -1.86. The molecule has 0 amide bonds. The first-order valence-corrected chi connectivity index (χ1v) is 7.71. The number of aryl methyl sites for hydroxylation is 1. The second-order valence-corrected chi connectivity index (χ2v) is 5.99. The number of fused-ring (bicyclic) bond motifs is 1. The molecular formula is C16H19F2N3O2. The predicted molar refractivity (Wildman–Crippen MR) is 81.0 cm³/mol. The van der Waals surface area contributed by atoms with Crippen LogP contribution in [0.1, 0.15) is 25.1 Å². The smallest absolute Gasteiger partial charge is 0.186 e. The lowest BCUT2D eigenvalue weighted by molar-refractivity contribution is -0.121. The number of rotatable bonds is 4. The van der Waals surface area contributed by atoms with Gasteiger partial charge in [0.1, 0.15) is 11.3 Å². The highest BCUT2D eigenvalue weighted by atomic mass is 19.2. The molecule has 2 heterocycles. The molecule has 1 aliphatic heterocycles. The van der Waals surface area contributed by atoms with Crippen LogP contribution in [0.25, 0.3) is 11.0 Å². The summed E-state index contributed by atoms with van der Waals surface area (Å²) in [5.41, 5.74) is 0.332. The van der Waals surface area contributed by atoms with E-state index in [1.165, 1.54) is 6.07 Å². The fourth-order valence-corrected chi connectivity index (χ4v) is 3.08. The van der Waals surface area contributed by atoms with Gasteiger partial charge in [0.25, 0.3) is 0 Å². The first kappa shape index (κ1) is 16.0. The standard InChI is InChI=1S/C16H19F2N3O2/c1-9-20-16-13(5-4-11(17)15(16)18)21(9)8-10(22)7-12-14(23)3-2-6-19-12/h4-5,12,14,19,23H,2-3,6-8H2,1H3/t12-,14+/m1/s1. The van der Waals surface area contributed by atoms with Gasteiger partial charge >= 0.3 is 0 Å². The molecule has 0 radical (unpaired) electrons. The fourth-order valence-electron chi connectivity index (χ4n) is 3.08. The van der Waals surface area contributed by atoms with Crippen LogP contribution in [-0.2, 0) is 11.3 Å². The van der Waals surface area contributed by atoms with Gasteiger partial charge in [0, 0.05) is 12.5 Å². The van der Waals surface area contributed by atoms with Crippen LogP contribution in [0.5, 0.6) is 0 Å². The van der Waals surface area contributed by atoms with Crippen LogP contribution in [-0.4, -0.2) is 39.1 Å². The lowest BCUT2D eigenvalue weighted by atomic mass is 9.97. The van der Waals surface area contributed by atoms with Crippen molar-refractivity contribution >= 4 is 16.8 Å². The summed E-state index contributed by atoms with van der Waals surface area (Å²) >= 11 is 0. The van der Waals surface area contributed by atoms with Crippen LogP contribution >= 0.6 is 0 Å². The molecule has 0 bridgehead atoms. The number of ketones is 1. The number of hydrogen-bond acceptors (Lipinski definition) is 4. The molecular weight excluding hydrogens is 304 g/mol. The molecule has 2 atom stereocenters. The first-order chi connectivity index (χ1) is 11.0. The fraction of sp³-hybridized carbons (Fsp3) is 0.500. The van der Waals surface area contributed by atoms with Gasteiger partial charge in [-0.25, -0.2) is 13.8 Å². The summed E-state index contributed by atoms with van der Waals surface area (Å²) in [7, 11) is 0. The van der Waals surface area contributed by atoms with Crippen molar-refractivity contribution in [1.82, 2.24) is 14.9 Å². The Balaban J connectivity index is 1.80. The third-order valence-corrected chi connectivity index (χ3v) is 4.33. The van der Waals surface area contributed by atoms with Gasteiger partial charge in [-0.15, -0.1) is 0 Å². The zero-order valence-corrected chi connectivity index (χ0v) is 12.9. The number of hydrogen-bond donors (Lipinski definition) is 2. The normalized spacial score (nSPS) is 21.7. The van der Waals surface area contributed by atoms with Gasteiger partial charge in [0.15, 0.2) is 17.4 Å². The second-order valence-electron chi connectivity index (χ2n) is 5.99. The maximum atomic E-state index is 13.8. The Labute approximate surface area is 132 Å². The Morgan fingerprint density at radius 3 is 3.00 bits per heavy atom. The monoisotopic (exact) mass is 323 g/mol. The number of aliphatic hydroxyl groups excluding tert-OH is 1. The average Bonchev–Trinajstić information content (AvgIpc) is 2.83. The van der Waals surface area contributed by atoms with Gasteiger partial charge in [-0.05, 0) is 38.4 Å². The predicted octanol–water partition coefficient (Wildman–Crippen LogP) is 1.70. The number of nitrogens with one attached hydrogen (secondary N) is 1. The van der Waals surface area contributed by atoms with Crippen LogP contribution in [0.4, 0.5) is 8.78 Å². The summed E-state index contributed by atoms with van der Waals surface area (Å²) in [4.78, 5) is 16.3. The molecule has 0 unspecified atom stereocenters. The van der Waals surface area contributed by atoms with Gasteiger partial charge in [-0.1, -0.05) is 0 Å². The highest BCUT2D eigenvalue weighted by Gasteiger charge is 2.25. The number of Topliss-reactive ketones (excluding diaryl/α,β-unsaturated/α-hetero) is 1. The molecule has 0 saturated carbocycles. The lowest BCUT2D eigenvalue weighted by Gasteiger charge is -2.28. The topological polar surface area (TPSA) is 67.2 Å². The van der Waals surface area contributed by atoms with Crippen molar-refractivity contribution in [2.75, 3.05) is 6.54 Å². The first-order valence-electron chi connectivity index (χ1n) is 7.71. The third kappa shape index (κ3) is 3.11. The maximum absolute atomic E-state index is 13.8. The maximum Gasteiger partial charge on any atom is 0.186 e. The minimum absolute atomic E-state index is 0.0261. The molecule has 1 fully saturated rings. The molecule has 1 saturated heterocycles. The van der Waals surface area contributed by atoms with E-state index in [4.69, 9.17) is 0 Å². The minimum Gasteiger partial charge on any atom is -0.391 e. The molecule has 0 aliphatic carbocycles. The SMILES string of the molecule is Cc1nc2c(F)c(F)ccc2n1CC(=O)C[C@H]1NCCC[C@@H]1O. The molecule has 1 aromatic heterocycles. The number of carbonyl (C=O) groups is 1. The highest BCUT2D eigenvalue weighted by Crippen LogP contribution is 2.22. The Kier molecular flexibility index (Phi) is 4.41. The van der Waals surface area contributed by atoms with Gasteiger partial charge in [0.05, 0.1) is 18.2 Å². The van der Waals surface area contributed by atoms with Crippen molar-refractivity contribution in [3.8, 4) is 0 Å². The number of halogens is 2. The molecule has 7 heteroatoms. The van der Waals surface area contributed by atoms with Crippen LogP contribution in [0.3, 0.4) is 0 Å². The third-order valence-electron chi connectivity index (χ3n) is 4.33. The number of aliphatic hydroxyl groups is 1. The number of nitrogens with zero attached hydrogens (tertiary/aromatic N) is 2. The Morgan fingerprint density at radius 1 is 1.48 bits per heavy atom. The van der Waals surface area contributed by atoms with E-state index in [1.807, 2.05) is 0 Å². The molecule has 0 spiro atoms. The molecule has 1 aliphatic rings. The highest BCUT2D eigenvalue weighted by molar-refractivity contribution is 5.83. The van der Waals surface area contributed by atoms with Gasteiger partial charge < -0.3 is 15.0 Å². The average molecular weight is 323 g/mol. The quantitative estimate of drug-likeness (QED) is 0.899. The van der Waals surface area contributed by atoms with E-state index in [0.717, 1.165) is 19.0 Å². The molecule has 3 rings (SSSR count). The van der Waals surface area contributed by atoms with Crippen molar-refractivity contribution in [3.63, 3.8) is 0 Å². The zero-order valence-electron chi connectivity index (χ0n) is 12.9. The number of piperidine rings is 1. The van der Waals surface area contributed by atoms with E-state index in [-0.39, 0.29) is 30.3 Å². The van der Waals surface area contributed by atoms with Crippen LogP contribution in [0.2, 0.25) is 0 Å². The number of carbonyl (C=O) groups excluding carboxylic acids is 1. The summed E-state index contributed by atoms with van der Waals surface area (Å²) in [6.45, 7) is 2.46. The largest absolute Gasteiger partial charge is 0.391 e. The van der Waals surface area contributed by atoms with Crippen LogP contribution in [0.15, 0.2) is 12.1 Å². The summed E-state index contributed by atoms with van der Waals surface area (Å²) in [6, 6.07) is 2.21. The van der Waals surface area contributed by atoms with E-state index in [0.29, 0.717) is 17.8 Å². The summed E-state index contributed by atoms with van der Waals surface area (Å²) in [6.07, 6.45) is 1.24. The Morgan fingerprint density at radius 2 is 2.26 bits per heavy atom. The van der Waals surface area contributed by atoms with E-state index in [9.17, 15) is 18.7 Å². The zero-order chi connectivity index (χ0) is 16.6. The van der Waals surface area contributed by atoms with Crippen molar-refractivity contribution in [2.45, 2.75) is 44.9 Å². The summed E-state index contributed by atoms with van der Waals surface area (Å²) in [5.74, 6) is -1.59. The van der Waals surface area contributed by atoms with E-state index >= 15 is 0 Å². The molecule has 2 aromatic rings. The Bertz CT molecular complexity index is 744. The number of benzene rings is 1. The summed E-state index contributed by atoms with van der Waals surface area (Å²) < 4.78 is 28.6. The van der Waals surface area contributed by atoms with E-state index < -0.39 is 17.7 Å². The van der Waals surface area contributed by atoms with Crippen molar-refractivity contribution in [1.29, 1.82) is 0 Å². The molecule has 5 nitrogen and oxygen atoms in total. The molecule has 1 aromatic carbocycles. The van der Waals surface area contributed by atoms with Crippen LogP contribution < -0.4 is 5.32 Å². The van der Waals surface area contributed by atoms with Gasteiger partial charge in [-0.3, -0.25) is 4.79 Å². The number of imidazole rings is 1. The minimum atomic E-state index is -0.999. The van der Waals surface area contributed by atoms with Crippen molar-refractivity contribution in [3.05, 3.63) is 29.6 Å². The van der Waals surface area contributed by atoms with E-state index in [1.54, 1.807) is 11.5 Å². The molecule has 124 valence electrons. The molecule has 2 N–H and O–H groups in total. The van der Waals surface area contributed by atoms with Gasteiger partial charge in [-0.2, -0.15) is 0 Å². The van der Waals surface area contributed by atoms with Crippen molar-refractivity contribution < 1.29 is 18.7 Å². The summed E-state index contributed by atoms with van der Waals surface area (Å²) in [5, 5.41) is 13.1. The van der Waals surface area contributed by atoms with Gasteiger partial charge in [0.2, 0.25) is 0 Å². The number of aromatic nitrogens is 2. The lowest BCUT2D eigenvalue weighted by Crippen LogP contribution is -2.46. The van der Waals surface area contributed by atoms with Crippen LogP contribution in [0, 0.1) is 18.6 Å². The van der Waals surface area contributed by atoms with Crippen molar-refractivity contribution in [2.24, 2.45) is 0 Å². The molecule has 23 heavy (non-hydrogen) atoms. The van der Waals surface area contributed by atoms with E-state index in [2.05, 4.69) is 10.3 Å². The second kappa shape index (κ2) is 6.33.